The molecule has 0 amide bonds. The molecule has 2 rings (SSSR count). The van der Waals surface area contributed by atoms with Gasteiger partial charge < -0.3 is 4.98 Å². The monoisotopic (exact) mass is 200 g/mol. The van der Waals surface area contributed by atoms with E-state index in [1.807, 2.05) is 6.07 Å². The standard InChI is InChI=1S/C10H8N4O/c1-5-6(2)14-9-8(13-5)7(3-11)4-12-10(9)15/h4H,1-2H3,(H,12,15). The van der Waals surface area contributed by atoms with E-state index in [0.29, 0.717) is 16.8 Å². The van der Waals surface area contributed by atoms with Crippen molar-refractivity contribution in [2.45, 2.75) is 13.8 Å². The number of rotatable bonds is 0. The molecule has 2 heterocycles. The number of hydrogen-bond donors (Lipinski definition) is 1. The Hall–Kier alpha value is -2.22. The van der Waals surface area contributed by atoms with Crippen LogP contribution in [0.4, 0.5) is 0 Å². The van der Waals surface area contributed by atoms with Crippen LogP contribution >= 0.6 is 0 Å². The summed E-state index contributed by atoms with van der Waals surface area (Å²) >= 11 is 0. The summed E-state index contributed by atoms with van der Waals surface area (Å²) in [4.78, 5) is 22.2. The summed E-state index contributed by atoms with van der Waals surface area (Å²) in [7, 11) is 0. The first-order chi connectivity index (χ1) is 7.13. The largest absolute Gasteiger partial charge is 0.326 e. The highest BCUT2D eigenvalue weighted by molar-refractivity contribution is 5.79. The quantitative estimate of drug-likeness (QED) is 0.682. The molecule has 0 fully saturated rings. The van der Waals surface area contributed by atoms with E-state index in [2.05, 4.69) is 15.0 Å². The van der Waals surface area contributed by atoms with Crippen LogP contribution in [0.2, 0.25) is 0 Å². The SMILES string of the molecule is Cc1nc2c(C#N)c[nH]c(=O)c2nc1C. The van der Waals surface area contributed by atoms with Crippen molar-refractivity contribution in [2.24, 2.45) is 0 Å². The number of fused-ring (bicyclic) bond motifs is 1. The molecule has 74 valence electrons. The maximum absolute atomic E-state index is 11.4. The Morgan fingerprint density at radius 1 is 1.27 bits per heavy atom. The number of nitrogens with one attached hydrogen (secondary N) is 1. The van der Waals surface area contributed by atoms with Gasteiger partial charge in [0.25, 0.3) is 5.56 Å². The van der Waals surface area contributed by atoms with Crippen LogP contribution in [0.5, 0.6) is 0 Å². The third kappa shape index (κ3) is 1.36. The molecular weight excluding hydrogens is 192 g/mol. The predicted octanol–water partition coefficient (Wildman–Crippen LogP) is 0.807. The van der Waals surface area contributed by atoms with E-state index in [0.717, 1.165) is 5.69 Å². The number of nitrogens with zero attached hydrogens (tertiary/aromatic N) is 3. The number of hydrogen-bond acceptors (Lipinski definition) is 4. The Morgan fingerprint density at radius 3 is 2.47 bits per heavy atom. The van der Waals surface area contributed by atoms with Crippen molar-refractivity contribution < 1.29 is 0 Å². The molecule has 5 heteroatoms. The van der Waals surface area contributed by atoms with Gasteiger partial charge in [0, 0.05) is 6.20 Å². The summed E-state index contributed by atoms with van der Waals surface area (Å²) in [6.45, 7) is 3.57. The van der Waals surface area contributed by atoms with Gasteiger partial charge in [-0.25, -0.2) is 9.97 Å². The molecule has 2 aromatic heterocycles. The number of aryl methyl sites for hydroxylation is 2. The van der Waals surface area contributed by atoms with Gasteiger partial charge >= 0.3 is 0 Å². The highest BCUT2D eigenvalue weighted by Crippen LogP contribution is 2.11. The van der Waals surface area contributed by atoms with Gasteiger partial charge in [-0.15, -0.1) is 0 Å². The summed E-state index contributed by atoms with van der Waals surface area (Å²) < 4.78 is 0. The van der Waals surface area contributed by atoms with Crippen molar-refractivity contribution in [1.29, 1.82) is 5.26 Å². The van der Waals surface area contributed by atoms with E-state index in [1.54, 1.807) is 13.8 Å². The Balaban J connectivity index is 3.03. The zero-order chi connectivity index (χ0) is 11.0. The highest BCUT2D eigenvalue weighted by atomic mass is 16.1. The lowest BCUT2D eigenvalue weighted by molar-refractivity contribution is 1.08. The normalized spacial score (nSPS) is 10.2. The predicted molar refractivity (Wildman–Crippen MR) is 54.3 cm³/mol. The zero-order valence-corrected chi connectivity index (χ0v) is 8.33. The van der Waals surface area contributed by atoms with Gasteiger partial charge in [0.1, 0.15) is 11.6 Å². The van der Waals surface area contributed by atoms with Crippen molar-refractivity contribution in [1.82, 2.24) is 15.0 Å². The first-order valence-corrected chi connectivity index (χ1v) is 4.40. The molecule has 0 aromatic carbocycles. The molecule has 5 nitrogen and oxygen atoms in total. The van der Waals surface area contributed by atoms with Crippen molar-refractivity contribution in [3.05, 3.63) is 33.5 Å². The van der Waals surface area contributed by atoms with Gasteiger partial charge in [-0.3, -0.25) is 4.79 Å². The van der Waals surface area contributed by atoms with Gasteiger partial charge in [-0.2, -0.15) is 5.26 Å². The third-order valence-electron chi connectivity index (χ3n) is 2.25. The average molecular weight is 200 g/mol. The van der Waals surface area contributed by atoms with Crippen LogP contribution in [-0.2, 0) is 0 Å². The first-order valence-electron chi connectivity index (χ1n) is 4.40. The minimum atomic E-state index is -0.320. The fourth-order valence-electron chi connectivity index (χ4n) is 1.31. The van der Waals surface area contributed by atoms with Crippen LogP contribution in [0.3, 0.4) is 0 Å². The van der Waals surface area contributed by atoms with Crippen molar-refractivity contribution in [2.75, 3.05) is 0 Å². The molecule has 15 heavy (non-hydrogen) atoms. The van der Waals surface area contributed by atoms with Gasteiger partial charge in [-0.05, 0) is 13.8 Å². The van der Waals surface area contributed by atoms with Crippen LogP contribution in [0.1, 0.15) is 17.0 Å². The number of H-pyrrole nitrogens is 1. The zero-order valence-electron chi connectivity index (χ0n) is 8.33. The lowest BCUT2D eigenvalue weighted by Gasteiger charge is -2.02. The van der Waals surface area contributed by atoms with Crippen molar-refractivity contribution in [3.8, 4) is 6.07 Å². The molecule has 0 unspecified atom stereocenters. The van der Waals surface area contributed by atoms with E-state index in [9.17, 15) is 4.79 Å². The molecule has 2 aromatic rings. The Kier molecular flexibility index (Phi) is 1.97. The summed E-state index contributed by atoms with van der Waals surface area (Å²) in [6.07, 6.45) is 1.36. The Labute approximate surface area is 85.4 Å². The molecule has 0 bridgehead atoms. The van der Waals surface area contributed by atoms with E-state index >= 15 is 0 Å². The minimum absolute atomic E-state index is 0.220. The lowest BCUT2D eigenvalue weighted by Crippen LogP contribution is -2.11. The van der Waals surface area contributed by atoms with Crippen LogP contribution in [-0.4, -0.2) is 15.0 Å². The Morgan fingerprint density at radius 2 is 1.87 bits per heavy atom. The number of aromatic nitrogens is 3. The smallest absolute Gasteiger partial charge is 0.276 e. The van der Waals surface area contributed by atoms with E-state index in [1.165, 1.54) is 6.20 Å². The minimum Gasteiger partial charge on any atom is -0.326 e. The van der Waals surface area contributed by atoms with Crippen molar-refractivity contribution in [3.63, 3.8) is 0 Å². The fourth-order valence-corrected chi connectivity index (χ4v) is 1.31. The van der Waals surface area contributed by atoms with Gasteiger partial charge in [0.05, 0.1) is 17.0 Å². The van der Waals surface area contributed by atoms with Gasteiger partial charge in [0.15, 0.2) is 5.52 Å². The number of pyridine rings is 1. The van der Waals surface area contributed by atoms with Crippen LogP contribution in [0.15, 0.2) is 11.0 Å². The number of aromatic amines is 1. The van der Waals surface area contributed by atoms with Crippen LogP contribution in [0.25, 0.3) is 11.0 Å². The summed E-state index contributed by atoms with van der Waals surface area (Å²) in [5.74, 6) is 0. The molecule has 1 N–H and O–H groups in total. The maximum atomic E-state index is 11.4. The summed E-state index contributed by atoms with van der Waals surface area (Å²) in [5.41, 5.74) is 2.02. The maximum Gasteiger partial charge on any atom is 0.276 e. The molecule has 0 saturated carbocycles. The van der Waals surface area contributed by atoms with Crippen molar-refractivity contribution >= 4 is 11.0 Å². The molecule has 0 spiro atoms. The molecule has 0 aliphatic rings. The molecule has 0 saturated heterocycles. The summed E-state index contributed by atoms with van der Waals surface area (Å²) in [6, 6.07) is 1.97. The topological polar surface area (TPSA) is 82.4 Å². The average Bonchev–Trinajstić information content (AvgIpc) is 2.22. The van der Waals surface area contributed by atoms with E-state index in [-0.39, 0.29) is 11.1 Å². The highest BCUT2D eigenvalue weighted by Gasteiger charge is 2.09. The van der Waals surface area contributed by atoms with Crippen LogP contribution in [0, 0.1) is 25.2 Å². The summed E-state index contributed by atoms with van der Waals surface area (Å²) in [5, 5.41) is 8.85. The van der Waals surface area contributed by atoms with E-state index < -0.39 is 0 Å². The second-order valence-electron chi connectivity index (χ2n) is 3.23. The molecule has 0 radical (unpaired) electrons. The van der Waals surface area contributed by atoms with Gasteiger partial charge in [-0.1, -0.05) is 0 Å². The van der Waals surface area contributed by atoms with E-state index in [4.69, 9.17) is 5.26 Å². The Bertz CT molecular complexity index is 636. The number of nitriles is 1. The third-order valence-corrected chi connectivity index (χ3v) is 2.25. The molecule has 0 aliphatic carbocycles. The second-order valence-corrected chi connectivity index (χ2v) is 3.23. The second kappa shape index (κ2) is 3.17. The molecular formula is C10H8N4O. The molecule has 0 aliphatic heterocycles. The van der Waals surface area contributed by atoms with Gasteiger partial charge in [0.2, 0.25) is 0 Å². The lowest BCUT2D eigenvalue weighted by atomic mass is 10.2. The van der Waals surface area contributed by atoms with Crippen LogP contribution < -0.4 is 5.56 Å². The first kappa shape index (κ1) is 9.34. The molecule has 0 atom stereocenters. The fraction of sp³-hybridized carbons (Fsp3) is 0.200.